The molecule has 4 heterocycles. The smallest absolute Gasteiger partial charge is 0.854 e. The van der Waals surface area contributed by atoms with Crippen LogP contribution in [0.3, 0.4) is 0 Å². The van der Waals surface area contributed by atoms with E-state index in [-0.39, 0.29) is 64.6 Å². The third-order valence-electron chi connectivity index (χ3n) is 10.7. The van der Waals surface area contributed by atoms with Crippen LogP contribution in [0.5, 0.6) is 11.5 Å². The Kier molecular flexibility index (Phi) is 24.5. The normalized spacial score (nSPS) is 12.5. The third-order valence-corrected chi connectivity index (χ3v) is 10.7. The Morgan fingerprint density at radius 1 is 0.516 bits per heavy atom. The van der Waals surface area contributed by atoms with Crippen molar-refractivity contribution in [2.75, 3.05) is 107 Å². The van der Waals surface area contributed by atoms with Gasteiger partial charge < -0.3 is 53.1 Å². The van der Waals surface area contributed by atoms with Crippen LogP contribution >= 0.6 is 0 Å². The molecule has 15 nitrogen and oxygen atoms in total. The number of aromatic nitrogens is 5. The number of rotatable bonds is 28. The van der Waals surface area contributed by atoms with Gasteiger partial charge in [-0.1, -0.05) is 49.9 Å². The topological polar surface area (TPSA) is 186 Å². The molecule has 0 saturated heterocycles. The van der Waals surface area contributed by atoms with E-state index in [1.54, 1.807) is 38.7 Å². The number of hydrogen-bond donors (Lipinski definition) is 0. The molecule has 2 aromatic heterocycles. The fourth-order valence-corrected chi connectivity index (χ4v) is 7.32. The van der Waals surface area contributed by atoms with Crippen LogP contribution in [0.4, 0.5) is 0 Å². The summed E-state index contributed by atoms with van der Waals surface area (Å²) in [6, 6.07) is 7.69. The zero-order valence-electron chi connectivity index (χ0n) is 38.2. The van der Waals surface area contributed by atoms with Crippen molar-refractivity contribution in [3.8, 4) is 11.5 Å². The van der Waals surface area contributed by atoms with Crippen molar-refractivity contribution in [1.29, 1.82) is 0 Å². The largest absolute Gasteiger partial charge is 3.00 e. The van der Waals surface area contributed by atoms with Crippen molar-refractivity contribution >= 4 is 44.4 Å². The van der Waals surface area contributed by atoms with Gasteiger partial charge in [0.15, 0.2) is 11.5 Å². The Hall–Kier alpha value is -3.31. The molecule has 2 aliphatic heterocycles. The number of methoxy groups -OCH3 is 2. The summed E-state index contributed by atoms with van der Waals surface area (Å²) in [4.78, 5) is 25.3. The second-order valence-electron chi connectivity index (χ2n) is 14.9. The molecule has 0 spiro atoms. The van der Waals surface area contributed by atoms with Crippen LogP contribution in [-0.4, -0.2) is 127 Å². The van der Waals surface area contributed by atoms with Gasteiger partial charge in [0.2, 0.25) is 0 Å². The summed E-state index contributed by atoms with van der Waals surface area (Å²) < 4.78 is 45.2. The minimum Gasteiger partial charge on any atom is -0.854 e. The third kappa shape index (κ3) is 15.4. The van der Waals surface area contributed by atoms with E-state index < -0.39 is 0 Å². The first-order valence-electron chi connectivity index (χ1n) is 22.0. The molecular formula is C48H64DyN5O10. The van der Waals surface area contributed by atoms with Crippen LogP contribution in [0.25, 0.3) is 44.4 Å². The standard InChI is InChI=1S/C48H64N5O10.Dy/c1-7-35-36(8-2)40-28-42-38(12-10-14-55)34(4)46(53-42)32-50-44-30-48(63-26-24-61-22-20-59-18-16-57-6)47(62-25-23-60-21-19-58-17-15-56-5)29-43(44)49-31-45-33(3)37(11-9-13-54)41(52-45)27-39(35)51-40;/h27-32H,7-26H2,1-6H3;/q-3;+3. The summed E-state index contributed by atoms with van der Waals surface area (Å²) >= 11 is 0. The maximum absolute atomic E-state index is 11.8. The van der Waals surface area contributed by atoms with E-state index >= 15 is 0 Å². The zero-order chi connectivity index (χ0) is 44.8. The summed E-state index contributed by atoms with van der Waals surface area (Å²) in [6.45, 7) is 12.8. The van der Waals surface area contributed by atoms with Crippen molar-refractivity contribution in [2.45, 2.75) is 66.2 Å². The van der Waals surface area contributed by atoms with Gasteiger partial charge in [-0.3, -0.25) is 9.97 Å². The molecule has 6 bridgehead atoms. The van der Waals surface area contributed by atoms with Crippen molar-refractivity contribution < 1.29 is 86.3 Å². The molecular weight excluding hydrogens is 969 g/mol. The molecule has 0 amide bonds. The number of aryl methyl sites for hydroxylation is 2. The molecule has 1 radical (unpaired) electrons. The molecule has 0 N–H and O–H groups in total. The average Bonchev–Trinajstić information content (AvgIpc) is 3.89. The van der Waals surface area contributed by atoms with Gasteiger partial charge in [0.25, 0.3) is 0 Å². The van der Waals surface area contributed by atoms with E-state index in [1.165, 1.54) is 0 Å². The van der Waals surface area contributed by atoms with Crippen LogP contribution in [0.1, 0.15) is 87.3 Å². The van der Waals surface area contributed by atoms with Crippen LogP contribution < -0.4 is 24.7 Å². The van der Waals surface area contributed by atoms with E-state index in [4.69, 9.17) is 62.8 Å². The maximum Gasteiger partial charge on any atom is 3.00 e. The number of nitrogens with zero attached hydrogens (tertiary/aromatic N) is 5. The Morgan fingerprint density at radius 2 is 0.891 bits per heavy atom. The molecule has 0 saturated carbocycles. The second-order valence-corrected chi connectivity index (χ2v) is 14.9. The first kappa shape index (κ1) is 53.3. The van der Waals surface area contributed by atoms with E-state index in [1.807, 2.05) is 26.0 Å². The van der Waals surface area contributed by atoms with Gasteiger partial charge in [0.05, 0.1) is 112 Å². The van der Waals surface area contributed by atoms with E-state index in [9.17, 15) is 10.2 Å². The number of hydrogen-bond acceptors (Lipinski definition) is 14. The van der Waals surface area contributed by atoms with Gasteiger partial charge in [0, 0.05) is 26.4 Å². The Labute approximate surface area is 408 Å². The first-order chi connectivity index (χ1) is 30.9. The minimum absolute atomic E-state index is 0. The molecule has 351 valence electrons. The number of fused-ring (bicyclic) bond motifs is 7. The molecule has 3 aromatic rings. The summed E-state index contributed by atoms with van der Waals surface area (Å²) in [6.07, 6.45) is 7.17. The molecule has 0 unspecified atom stereocenters. The number of ether oxygens (including phenoxy) is 8. The average molecular weight is 1030 g/mol. The minimum atomic E-state index is -0.189. The van der Waals surface area contributed by atoms with E-state index in [0.717, 1.165) is 68.7 Å². The van der Waals surface area contributed by atoms with Crippen molar-refractivity contribution in [3.05, 3.63) is 70.6 Å². The van der Waals surface area contributed by atoms with Gasteiger partial charge in [-0.05, 0) is 61.8 Å². The molecule has 5 rings (SSSR count). The van der Waals surface area contributed by atoms with Crippen LogP contribution in [-0.2, 0) is 41.3 Å². The summed E-state index contributed by atoms with van der Waals surface area (Å²) in [5.41, 5.74) is 11.8. The quantitative estimate of drug-likeness (QED) is 0.0847. The van der Waals surface area contributed by atoms with Gasteiger partial charge in [0.1, 0.15) is 13.2 Å². The SMILES string of the molecule is CCc1c(CC)c2cc3nc(cnc4cc(OCCOCCOCCOC)c(OCCOCCOCCOC)cc4ncc4nc(cc1[n-]2)C(CCC[O-])=C4C)C(C)=C3CCC[O-].[Dy+3]. The number of benzene rings is 1. The monoisotopic (exact) mass is 1030 g/mol. The van der Waals surface area contributed by atoms with Crippen molar-refractivity contribution in [3.63, 3.8) is 0 Å². The van der Waals surface area contributed by atoms with Gasteiger partial charge >= 0.3 is 38.2 Å². The molecule has 0 aliphatic carbocycles. The predicted molar refractivity (Wildman–Crippen MR) is 240 cm³/mol. The van der Waals surface area contributed by atoms with Gasteiger partial charge in [-0.2, -0.15) is 0 Å². The fraction of sp³-hybridized carbons (Fsp3) is 0.542. The zero-order valence-corrected chi connectivity index (χ0v) is 40.3. The van der Waals surface area contributed by atoms with Gasteiger partial charge in [-0.15, -0.1) is 24.2 Å². The van der Waals surface area contributed by atoms with E-state index in [2.05, 4.69) is 13.8 Å². The summed E-state index contributed by atoms with van der Waals surface area (Å²) in [7, 11) is 3.27. The van der Waals surface area contributed by atoms with Crippen LogP contribution in [0, 0.1) is 38.2 Å². The first-order valence-corrected chi connectivity index (χ1v) is 22.0. The Bertz CT molecular complexity index is 2050. The molecule has 0 fully saturated rings. The summed E-state index contributed by atoms with van der Waals surface area (Å²) in [5.74, 6) is 0.895. The van der Waals surface area contributed by atoms with Gasteiger partial charge in [-0.25, -0.2) is 9.97 Å². The molecule has 1 aromatic carbocycles. The predicted octanol–water partition coefficient (Wildman–Crippen LogP) is 5.35. The Morgan fingerprint density at radius 3 is 1.25 bits per heavy atom. The number of allylic oxidation sites excluding steroid dienone is 4. The fourth-order valence-electron chi connectivity index (χ4n) is 7.32. The molecule has 64 heavy (non-hydrogen) atoms. The maximum atomic E-state index is 11.8. The van der Waals surface area contributed by atoms with Crippen LogP contribution in [0.15, 0.2) is 36.7 Å². The summed E-state index contributed by atoms with van der Waals surface area (Å²) in [5, 5.41) is 23.5. The second kappa shape index (κ2) is 29.4. The molecule has 0 atom stereocenters. The Balaban J connectivity index is 0.00000898. The molecule has 2 aliphatic rings. The van der Waals surface area contributed by atoms with E-state index in [0.29, 0.717) is 126 Å². The van der Waals surface area contributed by atoms with Crippen LogP contribution in [0.2, 0.25) is 0 Å². The van der Waals surface area contributed by atoms with Crippen molar-refractivity contribution in [2.24, 2.45) is 0 Å². The molecule has 16 heteroatoms. The van der Waals surface area contributed by atoms with Crippen molar-refractivity contribution in [1.82, 2.24) is 24.9 Å².